The van der Waals surface area contributed by atoms with Gasteiger partial charge in [0.05, 0.1) is 0 Å². The topological polar surface area (TPSA) is 64.3 Å². The summed E-state index contributed by atoms with van der Waals surface area (Å²) in [5.41, 5.74) is 3.29. The third kappa shape index (κ3) is 3.24. The van der Waals surface area contributed by atoms with Gasteiger partial charge in [0.1, 0.15) is 5.75 Å². The average Bonchev–Trinajstić information content (AvgIpc) is 2.28. The van der Waals surface area contributed by atoms with Crippen LogP contribution in [0.1, 0.15) is 32.3 Å². The quantitative estimate of drug-likeness (QED) is 0.461. The highest BCUT2D eigenvalue weighted by Crippen LogP contribution is 2.19. The molecular formula is C12H18N2O2. The van der Waals surface area contributed by atoms with Gasteiger partial charge in [0.15, 0.2) is 6.10 Å². The van der Waals surface area contributed by atoms with Gasteiger partial charge in [0.2, 0.25) is 0 Å². The minimum atomic E-state index is -0.588. The van der Waals surface area contributed by atoms with E-state index in [0.717, 1.165) is 0 Å². The predicted octanol–water partition coefficient (Wildman–Crippen LogP) is 1.57. The average molecular weight is 222 g/mol. The van der Waals surface area contributed by atoms with Crippen molar-refractivity contribution in [3.63, 3.8) is 0 Å². The monoisotopic (exact) mass is 222 g/mol. The van der Waals surface area contributed by atoms with E-state index in [9.17, 15) is 4.79 Å². The van der Waals surface area contributed by atoms with E-state index in [1.807, 2.05) is 24.3 Å². The molecule has 0 unspecified atom stereocenters. The van der Waals surface area contributed by atoms with E-state index < -0.39 is 6.10 Å². The third-order valence-corrected chi connectivity index (χ3v) is 2.37. The summed E-state index contributed by atoms with van der Waals surface area (Å²) in [7, 11) is 0. The van der Waals surface area contributed by atoms with Gasteiger partial charge in [-0.1, -0.05) is 26.0 Å². The Morgan fingerprint density at radius 3 is 2.25 bits per heavy atom. The van der Waals surface area contributed by atoms with Gasteiger partial charge in [-0.3, -0.25) is 10.2 Å². The molecule has 4 heteroatoms. The van der Waals surface area contributed by atoms with E-state index in [1.54, 1.807) is 6.92 Å². The molecule has 3 N–H and O–H groups in total. The molecule has 0 saturated carbocycles. The number of rotatable bonds is 4. The number of hydrazine groups is 1. The zero-order valence-corrected chi connectivity index (χ0v) is 9.86. The Bertz CT molecular complexity index is 347. The van der Waals surface area contributed by atoms with E-state index in [0.29, 0.717) is 11.7 Å². The maximum Gasteiger partial charge on any atom is 0.274 e. The van der Waals surface area contributed by atoms with Gasteiger partial charge >= 0.3 is 0 Å². The summed E-state index contributed by atoms with van der Waals surface area (Å²) in [5, 5.41) is 0. The molecule has 1 amide bonds. The molecule has 0 aromatic heterocycles. The van der Waals surface area contributed by atoms with Gasteiger partial charge < -0.3 is 4.74 Å². The van der Waals surface area contributed by atoms with Crippen LogP contribution in [-0.4, -0.2) is 12.0 Å². The van der Waals surface area contributed by atoms with Crippen molar-refractivity contribution in [1.82, 2.24) is 5.43 Å². The maximum absolute atomic E-state index is 11.1. The Morgan fingerprint density at radius 2 is 1.81 bits per heavy atom. The summed E-state index contributed by atoms with van der Waals surface area (Å²) in [5.74, 6) is 5.82. The van der Waals surface area contributed by atoms with Crippen LogP contribution < -0.4 is 16.0 Å². The Hall–Kier alpha value is -1.55. The van der Waals surface area contributed by atoms with Crippen LogP contribution in [0.4, 0.5) is 0 Å². The molecule has 1 atom stereocenters. The molecule has 16 heavy (non-hydrogen) atoms. The van der Waals surface area contributed by atoms with Crippen molar-refractivity contribution >= 4 is 5.91 Å². The fourth-order valence-electron chi connectivity index (χ4n) is 1.31. The molecule has 0 fully saturated rings. The molecule has 1 rings (SSSR count). The minimum absolute atomic E-state index is 0.340. The third-order valence-electron chi connectivity index (χ3n) is 2.37. The summed E-state index contributed by atoms with van der Waals surface area (Å²) in [4.78, 5) is 11.1. The first kappa shape index (κ1) is 12.5. The number of nitrogens with two attached hydrogens (primary N) is 1. The van der Waals surface area contributed by atoms with E-state index in [-0.39, 0.29) is 5.91 Å². The van der Waals surface area contributed by atoms with Crippen LogP contribution in [0.15, 0.2) is 24.3 Å². The summed E-state index contributed by atoms with van der Waals surface area (Å²) in [6, 6.07) is 7.70. The Balaban J connectivity index is 2.65. The molecule has 0 aliphatic rings. The van der Waals surface area contributed by atoms with Crippen molar-refractivity contribution in [2.45, 2.75) is 32.8 Å². The normalized spacial score (nSPS) is 12.3. The van der Waals surface area contributed by atoms with Crippen molar-refractivity contribution in [3.8, 4) is 5.75 Å². The smallest absolute Gasteiger partial charge is 0.274 e. The van der Waals surface area contributed by atoms with Crippen LogP contribution in [0.5, 0.6) is 5.75 Å². The molecule has 4 nitrogen and oxygen atoms in total. The van der Waals surface area contributed by atoms with Gasteiger partial charge in [-0.25, -0.2) is 5.84 Å². The lowest BCUT2D eigenvalue weighted by molar-refractivity contribution is -0.127. The van der Waals surface area contributed by atoms with Crippen LogP contribution >= 0.6 is 0 Å². The van der Waals surface area contributed by atoms with Crippen LogP contribution in [-0.2, 0) is 4.79 Å². The van der Waals surface area contributed by atoms with Crippen LogP contribution in [0.2, 0.25) is 0 Å². The zero-order valence-electron chi connectivity index (χ0n) is 9.86. The standard InChI is InChI=1S/C12H18N2O2/c1-8(2)10-4-6-11(7-5-10)16-9(3)12(15)14-13/h4-9H,13H2,1-3H3,(H,14,15)/t9-/m1/s1. The van der Waals surface area contributed by atoms with Gasteiger partial charge in [0.25, 0.3) is 5.91 Å². The lowest BCUT2D eigenvalue weighted by Gasteiger charge is -2.13. The van der Waals surface area contributed by atoms with E-state index in [4.69, 9.17) is 10.6 Å². The molecule has 0 spiro atoms. The van der Waals surface area contributed by atoms with Gasteiger partial charge in [-0.2, -0.15) is 0 Å². The fourth-order valence-corrected chi connectivity index (χ4v) is 1.31. The second kappa shape index (κ2) is 5.51. The first-order valence-electron chi connectivity index (χ1n) is 5.31. The van der Waals surface area contributed by atoms with Crippen molar-refractivity contribution in [2.75, 3.05) is 0 Å². The largest absolute Gasteiger partial charge is 0.481 e. The number of nitrogens with one attached hydrogen (secondary N) is 1. The maximum atomic E-state index is 11.1. The van der Waals surface area contributed by atoms with Crippen LogP contribution in [0, 0.1) is 0 Å². The summed E-state index contributed by atoms with van der Waals surface area (Å²) in [6.45, 7) is 5.90. The van der Waals surface area contributed by atoms with E-state index in [2.05, 4.69) is 19.3 Å². The van der Waals surface area contributed by atoms with E-state index >= 15 is 0 Å². The first-order chi connectivity index (χ1) is 7.54. The second-order valence-electron chi connectivity index (χ2n) is 3.99. The summed E-state index contributed by atoms with van der Waals surface area (Å²) in [6.07, 6.45) is -0.588. The highest BCUT2D eigenvalue weighted by atomic mass is 16.5. The molecule has 88 valence electrons. The van der Waals surface area contributed by atoms with Crippen molar-refractivity contribution in [2.24, 2.45) is 5.84 Å². The first-order valence-corrected chi connectivity index (χ1v) is 5.31. The Labute approximate surface area is 95.8 Å². The summed E-state index contributed by atoms with van der Waals surface area (Å²) < 4.78 is 5.41. The van der Waals surface area contributed by atoms with E-state index in [1.165, 1.54) is 5.56 Å². The molecule has 0 radical (unpaired) electrons. The summed E-state index contributed by atoms with van der Waals surface area (Å²) >= 11 is 0. The van der Waals surface area contributed by atoms with Crippen LogP contribution in [0.25, 0.3) is 0 Å². The molecule has 0 aliphatic carbocycles. The molecule has 0 heterocycles. The molecule has 1 aromatic rings. The lowest BCUT2D eigenvalue weighted by Crippen LogP contribution is -2.40. The second-order valence-corrected chi connectivity index (χ2v) is 3.99. The van der Waals surface area contributed by atoms with Crippen LogP contribution in [0.3, 0.4) is 0 Å². The highest BCUT2D eigenvalue weighted by Gasteiger charge is 2.12. The SMILES string of the molecule is CC(C)c1ccc(O[C@H](C)C(=O)NN)cc1. The highest BCUT2D eigenvalue weighted by molar-refractivity contribution is 5.80. The Kier molecular flexibility index (Phi) is 4.31. The van der Waals surface area contributed by atoms with Crippen molar-refractivity contribution in [3.05, 3.63) is 29.8 Å². The molecule has 0 bridgehead atoms. The molecule has 1 aromatic carbocycles. The lowest BCUT2D eigenvalue weighted by atomic mass is 10.0. The number of hydrogen-bond donors (Lipinski definition) is 2. The number of hydrogen-bond acceptors (Lipinski definition) is 3. The van der Waals surface area contributed by atoms with Gasteiger partial charge in [-0.05, 0) is 30.5 Å². The molecule has 0 aliphatic heterocycles. The predicted molar refractivity (Wildman–Crippen MR) is 63.0 cm³/mol. The number of carbonyl (C=O) groups excluding carboxylic acids is 1. The van der Waals surface area contributed by atoms with Crippen molar-refractivity contribution < 1.29 is 9.53 Å². The van der Waals surface area contributed by atoms with Gasteiger partial charge in [-0.15, -0.1) is 0 Å². The zero-order chi connectivity index (χ0) is 12.1. The minimum Gasteiger partial charge on any atom is -0.481 e. The molecule has 0 saturated heterocycles. The number of carbonyl (C=O) groups is 1. The number of benzene rings is 1. The molecular weight excluding hydrogens is 204 g/mol. The number of amides is 1. The Morgan fingerprint density at radius 1 is 1.25 bits per heavy atom. The number of ether oxygens (including phenoxy) is 1. The fraction of sp³-hybridized carbons (Fsp3) is 0.417. The van der Waals surface area contributed by atoms with Crippen molar-refractivity contribution in [1.29, 1.82) is 0 Å². The van der Waals surface area contributed by atoms with Gasteiger partial charge in [0, 0.05) is 0 Å².